The van der Waals surface area contributed by atoms with Crippen LogP contribution in [0.4, 0.5) is 5.69 Å². The third-order valence-corrected chi connectivity index (χ3v) is 6.27. The summed E-state index contributed by atoms with van der Waals surface area (Å²) in [5.74, 6) is -0.167. The third-order valence-electron chi connectivity index (χ3n) is 4.57. The maximum absolute atomic E-state index is 12.8. The predicted octanol–water partition coefficient (Wildman–Crippen LogP) is 2.99. The molecule has 0 bridgehead atoms. The standard InChI is InChI=1S/C19H21ClN2O4S/c20-17-8-1-2-9-18(17)21-27(25,26)16-7-3-6-15(11-16)19(24)22-10-4-5-14(12-22)13-23/h1-3,6-9,11,14,21,23H,4-5,10,12-13H2. The Morgan fingerprint density at radius 2 is 2.00 bits per heavy atom. The van der Waals surface area contributed by atoms with Gasteiger partial charge in [-0.1, -0.05) is 29.8 Å². The highest BCUT2D eigenvalue weighted by Gasteiger charge is 2.25. The molecule has 1 aliphatic heterocycles. The number of nitrogens with zero attached hydrogens (tertiary/aromatic N) is 1. The van der Waals surface area contributed by atoms with E-state index in [-0.39, 0.29) is 34.0 Å². The number of carbonyl (C=O) groups excluding carboxylic acids is 1. The lowest BCUT2D eigenvalue weighted by Gasteiger charge is -2.32. The average Bonchev–Trinajstić information content (AvgIpc) is 2.69. The maximum Gasteiger partial charge on any atom is 0.261 e. The van der Waals surface area contributed by atoms with Crippen LogP contribution in [-0.4, -0.2) is 44.0 Å². The van der Waals surface area contributed by atoms with Crippen molar-refractivity contribution in [3.63, 3.8) is 0 Å². The zero-order valence-corrected chi connectivity index (χ0v) is 16.2. The van der Waals surface area contributed by atoms with Crippen molar-refractivity contribution in [1.82, 2.24) is 4.90 Å². The van der Waals surface area contributed by atoms with Gasteiger partial charge < -0.3 is 10.0 Å². The van der Waals surface area contributed by atoms with Gasteiger partial charge in [-0.2, -0.15) is 0 Å². The second-order valence-corrected chi connectivity index (χ2v) is 8.64. The molecule has 1 saturated heterocycles. The molecule has 2 aromatic carbocycles. The second-order valence-electron chi connectivity index (χ2n) is 6.56. The second kappa shape index (κ2) is 8.29. The van der Waals surface area contributed by atoms with Gasteiger partial charge in [0.15, 0.2) is 0 Å². The summed E-state index contributed by atoms with van der Waals surface area (Å²) < 4.78 is 27.8. The Hall–Kier alpha value is -2.09. The number of hydrogen-bond donors (Lipinski definition) is 2. The van der Waals surface area contributed by atoms with Crippen molar-refractivity contribution >= 4 is 33.2 Å². The number of aliphatic hydroxyl groups excluding tert-OH is 1. The smallest absolute Gasteiger partial charge is 0.261 e. The molecule has 1 unspecified atom stereocenters. The fourth-order valence-electron chi connectivity index (χ4n) is 3.13. The summed E-state index contributed by atoms with van der Waals surface area (Å²) in [6.07, 6.45) is 1.71. The number of anilines is 1. The Morgan fingerprint density at radius 1 is 1.22 bits per heavy atom. The number of benzene rings is 2. The van der Waals surface area contributed by atoms with Crippen LogP contribution < -0.4 is 4.72 Å². The summed E-state index contributed by atoms with van der Waals surface area (Å²) in [5.41, 5.74) is 0.577. The van der Waals surface area contributed by atoms with E-state index in [9.17, 15) is 18.3 Å². The lowest BCUT2D eigenvalue weighted by atomic mass is 9.98. The Balaban J connectivity index is 1.82. The minimum absolute atomic E-state index is 0.0102. The Kier molecular flexibility index (Phi) is 6.04. The quantitative estimate of drug-likeness (QED) is 0.796. The van der Waals surface area contributed by atoms with Gasteiger partial charge in [-0.15, -0.1) is 0 Å². The number of piperidine rings is 1. The van der Waals surface area contributed by atoms with Gasteiger partial charge in [0.1, 0.15) is 0 Å². The van der Waals surface area contributed by atoms with Crippen molar-refractivity contribution in [1.29, 1.82) is 0 Å². The van der Waals surface area contributed by atoms with E-state index in [4.69, 9.17) is 11.6 Å². The topological polar surface area (TPSA) is 86.7 Å². The summed E-state index contributed by atoms with van der Waals surface area (Å²) in [7, 11) is -3.88. The fraction of sp³-hybridized carbons (Fsp3) is 0.316. The van der Waals surface area contributed by atoms with Crippen molar-refractivity contribution in [3.05, 3.63) is 59.1 Å². The van der Waals surface area contributed by atoms with Crippen LogP contribution in [0.1, 0.15) is 23.2 Å². The number of carbonyl (C=O) groups is 1. The van der Waals surface area contributed by atoms with Crippen LogP contribution in [0.25, 0.3) is 0 Å². The van der Waals surface area contributed by atoms with E-state index < -0.39 is 10.0 Å². The van der Waals surface area contributed by atoms with Crippen molar-refractivity contribution < 1.29 is 18.3 Å². The zero-order chi connectivity index (χ0) is 19.4. The molecular formula is C19H21ClN2O4S. The molecule has 1 heterocycles. The molecule has 2 aromatic rings. The van der Waals surface area contributed by atoms with E-state index in [1.807, 2.05) is 0 Å². The summed E-state index contributed by atoms with van der Waals surface area (Å²) in [6.45, 7) is 1.12. The molecule has 1 amide bonds. The fourth-order valence-corrected chi connectivity index (χ4v) is 4.49. The van der Waals surface area contributed by atoms with Crippen LogP contribution in [0.3, 0.4) is 0 Å². The summed E-state index contributed by atoms with van der Waals surface area (Å²) >= 11 is 6.02. The molecular weight excluding hydrogens is 388 g/mol. The lowest BCUT2D eigenvalue weighted by molar-refractivity contribution is 0.0620. The largest absolute Gasteiger partial charge is 0.396 e. The Bertz CT molecular complexity index is 933. The summed E-state index contributed by atoms with van der Waals surface area (Å²) in [6, 6.07) is 12.5. The zero-order valence-electron chi connectivity index (χ0n) is 14.6. The SMILES string of the molecule is O=C(c1cccc(S(=O)(=O)Nc2ccccc2Cl)c1)N1CCCC(CO)C1. The molecule has 6 nitrogen and oxygen atoms in total. The molecule has 2 N–H and O–H groups in total. The summed E-state index contributed by atoms with van der Waals surface area (Å²) in [5, 5.41) is 9.63. The van der Waals surface area contributed by atoms with E-state index >= 15 is 0 Å². The predicted molar refractivity (Wildman–Crippen MR) is 104 cm³/mol. The monoisotopic (exact) mass is 408 g/mol. The van der Waals surface area contributed by atoms with Crippen molar-refractivity contribution in [2.24, 2.45) is 5.92 Å². The van der Waals surface area contributed by atoms with Crippen LogP contribution in [-0.2, 0) is 10.0 Å². The van der Waals surface area contributed by atoms with Gasteiger partial charge in [0.25, 0.3) is 15.9 Å². The van der Waals surface area contributed by atoms with E-state index in [1.165, 1.54) is 12.1 Å². The third kappa shape index (κ3) is 4.61. The summed E-state index contributed by atoms with van der Waals surface area (Å²) in [4.78, 5) is 14.4. The van der Waals surface area contributed by atoms with Crippen molar-refractivity contribution in [2.75, 3.05) is 24.4 Å². The van der Waals surface area contributed by atoms with Gasteiger partial charge in [-0.25, -0.2) is 8.42 Å². The molecule has 0 radical (unpaired) electrons. The van der Waals surface area contributed by atoms with Gasteiger partial charge in [0.2, 0.25) is 0 Å². The van der Waals surface area contributed by atoms with Crippen LogP contribution >= 0.6 is 11.6 Å². The minimum Gasteiger partial charge on any atom is -0.396 e. The molecule has 8 heteroatoms. The minimum atomic E-state index is -3.88. The molecule has 0 aliphatic carbocycles. The number of amides is 1. The van der Waals surface area contributed by atoms with Crippen LogP contribution in [0.2, 0.25) is 5.02 Å². The normalized spacial score (nSPS) is 17.6. The Labute approximate surface area is 163 Å². The van der Waals surface area contributed by atoms with Crippen LogP contribution in [0.5, 0.6) is 0 Å². The van der Waals surface area contributed by atoms with Crippen LogP contribution in [0.15, 0.2) is 53.4 Å². The maximum atomic E-state index is 12.8. The van der Waals surface area contributed by atoms with Gasteiger partial charge >= 0.3 is 0 Å². The highest BCUT2D eigenvalue weighted by molar-refractivity contribution is 7.92. The molecule has 1 atom stereocenters. The van der Waals surface area contributed by atoms with E-state index in [2.05, 4.69) is 4.72 Å². The average molecular weight is 409 g/mol. The molecule has 0 spiro atoms. The van der Waals surface area contributed by atoms with Crippen molar-refractivity contribution in [3.8, 4) is 0 Å². The number of halogens is 1. The number of aliphatic hydroxyl groups is 1. The number of para-hydroxylation sites is 1. The highest BCUT2D eigenvalue weighted by atomic mass is 35.5. The molecule has 0 aromatic heterocycles. The first-order valence-corrected chi connectivity index (χ1v) is 10.5. The first-order chi connectivity index (χ1) is 12.9. The number of sulfonamides is 1. The van der Waals surface area contributed by atoms with E-state index in [0.29, 0.717) is 18.7 Å². The molecule has 1 aliphatic rings. The van der Waals surface area contributed by atoms with Gasteiger partial charge in [0, 0.05) is 25.3 Å². The first-order valence-electron chi connectivity index (χ1n) is 8.68. The van der Waals surface area contributed by atoms with Crippen molar-refractivity contribution in [2.45, 2.75) is 17.7 Å². The van der Waals surface area contributed by atoms with Gasteiger partial charge in [-0.3, -0.25) is 9.52 Å². The molecule has 3 rings (SSSR count). The van der Waals surface area contributed by atoms with Crippen LogP contribution in [0, 0.1) is 5.92 Å². The van der Waals surface area contributed by atoms with E-state index in [0.717, 1.165) is 12.8 Å². The number of hydrogen-bond acceptors (Lipinski definition) is 4. The van der Waals surface area contributed by atoms with E-state index in [1.54, 1.807) is 41.3 Å². The molecule has 1 fully saturated rings. The molecule has 144 valence electrons. The number of likely N-dealkylation sites (tertiary alicyclic amines) is 1. The number of rotatable bonds is 5. The highest BCUT2D eigenvalue weighted by Crippen LogP contribution is 2.25. The number of nitrogens with one attached hydrogen (secondary N) is 1. The Morgan fingerprint density at radius 3 is 2.74 bits per heavy atom. The van der Waals surface area contributed by atoms with Gasteiger partial charge in [0.05, 0.1) is 15.6 Å². The first kappa shape index (κ1) is 19.7. The lowest BCUT2D eigenvalue weighted by Crippen LogP contribution is -2.41. The molecule has 27 heavy (non-hydrogen) atoms. The molecule has 0 saturated carbocycles. The van der Waals surface area contributed by atoms with Gasteiger partial charge in [-0.05, 0) is 49.1 Å².